The lowest BCUT2D eigenvalue weighted by atomic mass is 10.1. The Kier molecular flexibility index (Phi) is 5.55. The zero-order chi connectivity index (χ0) is 24.0. The van der Waals surface area contributed by atoms with E-state index in [1.165, 1.54) is 12.3 Å². The van der Waals surface area contributed by atoms with E-state index in [0.717, 1.165) is 23.5 Å². The maximum absolute atomic E-state index is 14.2. The number of carbonyl (C=O) groups excluding carboxylic acids is 2. The number of hydrogen-bond acceptors (Lipinski definition) is 8. The smallest absolute Gasteiger partial charge is 0.407 e. The number of alkyl carbamates (subject to hydrolysis) is 1. The number of nitrogens with one attached hydrogen (secondary N) is 2. The van der Waals surface area contributed by atoms with Gasteiger partial charge in [-0.15, -0.1) is 0 Å². The molecule has 5 rings (SSSR count). The second-order valence-corrected chi connectivity index (χ2v) is 9.08. The van der Waals surface area contributed by atoms with Gasteiger partial charge in [-0.1, -0.05) is 17.4 Å². The van der Waals surface area contributed by atoms with Crippen LogP contribution in [-0.4, -0.2) is 52.0 Å². The van der Waals surface area contributed by atoms with E-state index in [0.29, 0.717) is 37.4 Å². The SMILES string of the molecule is Cn1ncc(NC(=O)c2nc(-c3c(F)cccc3F)sc2N)c1N1CCC2NC(=O)OC2CC1. The molecular formula is C21H21F2N7O3S. The van der Waals surface area contributed by atoms with E-state index in [-0.39, 0.29) is 33.4 Å². The van der Waals surface area contributed by atoms with Gasteiger partial charge in [0.2, 0.25) is 0 Å². The van der Waals surface area contributed by atoms with Gasteiger partial charge in [0.25, 0.3) is 5.91 Å². The summed E-state index contributed by atoms with van der Waals surface area (Å²) in [6.45, 7) is 1.21. The number of halogens is 2. The van der Waals surface area contributed by atoms with Crippen molar-refractivity contribution in [2.45, 2.75) is 25.0 Å². The fourth-order valence-electron chi connectivity index (χ4n) is 4.30. The van der Waals surface area contributed by atoms with Crippen molar-refractivity contribution in [2.75, 3.05) is 29.0 Å². The molecule has 4 heterocycles. The monoisotopic (exact) mass is 489 g/mol. The average molecular weight is 490 g/mol. The Balaban J connectivity index is 1.37. The fourth-order valence-corrected chi connectivity index (χ4v) is 5.17. The van der Waals surface area contributed by atoms with Crippen molar-refractivity contribution >= 4 is 39.8 Å². The minimum atomic E-state index is -0.790. The number of amides is 2. The van der Waals surface area contributed by atoms with Crippen LogP contribution in [0.2, 0.25) is 0 Å². The number of nitrogens with two attached hydrogens (primary N) is 1. The molecule has 0 spiro atoms. The molecule has 0 aliphatic carbocycles. The summed E-state index contributed by atoms with van der Waals surface area (Å²) in [6.07, 6.45) is 2.21. The van der Waals surface area contributed by atoms with Crippen molar-refractivity contribution in [2.24, 2.45) is 7.05 Å². The van der Waals surface area contributed by atoms with Gasteiger partial charge >= 0.3 is 6.09 Å². The van der Waals surface area contributed by atoms with E-state index in [1.54, 1.807) is 11.7 Å². The van der Waals surface area contributed by atoms with E-state index >= 15 is 0 Å². The largest absolute Gasteiger partial charge is 0.444 e. The highest BCUT2D eigenvalue weighted by molar-refractivity contribution is 7.19. The van der Waals surface area contributed by atoms with E-state index in [2.05, 4.69) is 25.6 Å². The number of anilines is 3. The van der Waals surface area contributed by atoms with Crippen LogP contribution >= 0.6 is 11.3 Å². The topological polar surface area (TPSA) is 127 Å². The molecule has 178 valence electrons. The summed E-state index contributed by atoms with van der Waals surface area (Å²) >= 11 is 0.831. The molecule has 2 amide bonds. The van der Waals surface area contributed by atoms with Crippen LogP contribution in [0.3, 0.4) is 0 Å². The van der Waals surface area contributed by atoms with Gasteiger partial charge in [-0.05, 0) is 18.6 Å². The molecule has 0 radical (unpaired) electrons. The third kappa shape index (κ3) is 3.91. The first-order valence-corrected chi connectivity index (χ1v) is 11.4. The lowest BCUT2D eigenvalue weighted by molar-refractivity contribution is 0.102. The molecule has 2 atom stereocenters. The first kappa shape index (κ1) is 22.1. The molecule has 2 saturated heterocycles. The molecular weight excluding hydrogens is 468 g/mol. The lowest BCUT2D eigenvalue weighted by Crippen LogP contribution is -2.32. The second kappa shape index (κ2) is 8.56. The molecule has 10 nitrogen and oxygen atoms in total. The van der Waals surface area contributed by atoms with Gasteiger partial charge in [0, 0.05) is 26.6 Å². The van der Waals surface area contributed by atoms with E-state index < -0.39 is 23.6 Å². The summed E-state index contributed by atoms with van der Waals surface area (Å²) in [5.41, 5.74) is 5.96. The Bertz CT molecular complexity index is 1240. The Morgan fingerprint density at radius 2 is 2.03 bits per heavy atom. The van der Waals surface area contributed by atoms with Gasteiger partial charge in [0.05, 0.1) is 17.8 Å². The standard InChI is InChI=1S/C21H21F2N7O3S/c1-29-20(30-7-5-12-14(6-8-30)33-21(32)27-12)13(9-25-29)26-18(31)16-17(24)34-19(28-16)15-10(22)3-2-4-11(15)23/h2-4,9,12,14H,5-8,24H2,1H3,(H,26,31)(H,27,32). The Labute approximate surface area is 196 Å². The number of aryl methyl sites for hydroxylation is 1. The summed E-state index contributed by atoms with van der Waals surface area (Å²) in [5, 5.41) is 9.87. The maximum atomic E-state index is 14.2. The summed E-state index contributed by atoms with van der Waals surface area (Å²) in [4.78, 5) is 30.7. The van der Waals surface area contributed by atoms with Crippen molar-refractivity contribution in [3.63, 3.8) is 0 Å². The molecule has 3 aromatic rings. The predicted octanol–water partition coefficient (Wildman–Crippen LogP) is 2.73. The number of hydrogen-bond donors (Lipinski definition) is 3. The molecule has 2 aliphatic rings. The first-order chi connectivity index (χ1) is 16.3. The average Bonchev–Trinajstić information content (AvgIpc) is 3.41. The molecule has 4 N–H and O–H groups in total. The van der Waals surface area contributed by atoms with Crippen molar-refractivity contribution in [3.05, 3.63) is 41.7 Å². The summed E-state index contributed by atoms with van der Waals surface area (Å²) in [5.74, 6) is -1.52. The van der Waals surface area contributed by atoms with Crippen LogP contribution in [-0.2, 0) is 11.8 Å². The lowest BCUT2D eigenvalue weighted by Gasteiger charge is -2.24. The zero-order valence-corrected chi connectivity index (χ0v) is 18.9. The number of thiazole rings is 1. The molecule has 2 unspecified atom stereocenters. The van der Waals surface area contributed by atoms with Crippen LogP contribution in [0.15, 0.2) is 24.4 Å². The van der Waals surface area contributed by atoms with Crippen LogP contribution in [0, 0.1) is 11.6 Å². The Morgan fingerprint density at radius 1 is 1.29 bits per heavy atom. The molecule has 1 aromatic carbocycles. The van der Waals surface area contributed by atoms with Gasteiger partial charge in [-0.25, -0.2) is 18.6 Å². The molecule has 0 saturated carbocycles. The number of nitrogen functional groups attached to an aromatic ring is 1. The minimum absolute atomic E-state index is 0.0224. The van der Waals surface area contributed by atoms with Gasteiger partial charge in [-0.3, -0.25) is 9.48 Å². The van der Waals surface area contributed by atoms with Gasteiger partial charge in [0.1, 0.15) is 33.4 Å². The summed E-state index contributed by atoms with van der Waals surface area (Å²) in [7, 11) is 1.76. The number of ether oxygens (including phenoxy) is 1. The van der Waals surface area contributed by atoms with E-state index in [9.17, 15) is 18.4 Å². The first-order valence-electron chi connectivity index (χ1n) is 10.6. The predicted molar refractivity (Wildman–Crippen MR) is 122 cm³/mol. The minimum Gasteiger partial charge on any atom is -0.444 e. The molecule has 2 fully saturated rings. The van der Waals surface area contributed by atoms with Crippen molar-refractivity contribution in [1.82, 2.24) is 20.1 Å². The zero-order valence-electron chi connectivity index (χ0n) is 18.0. The molecule has 13 heteroatoms. The van der Waals surface area contributed by atoms with Crippen molar-refractivity contribution < 1.29 is 23.1 Å². The number of fused-ring (bicyclic) bond motifs is 1. The van der Waals surface area contributed by atoms with E-state index in [1.807, 2.05) is 0 Å². The van der Waals surface area contributed by atoms with Crippen LogP contribution in [0.4, 0.5) is 30.1 Å². The number of carbonyl (C=O) groups is 2. The molecule has 2 aromatic heterocycles. The number of nitrogens with zero attached hydrogens (tertiary/aromatic N) is 4. The maximum Gasteiger partial charge on any atom is 0.407 e. The van der Waals surface area contributed by atoms with Gasteiger partial charge in [-0.2, -0.15) is 5.10 Å². The van der Waals surface area contributed by atoms with Crippen molar-refractivity contribution in [1.29, 1.82) is 0 Å². The van der Waals surface area contributed by atoms with Gasteiger partial charge in [0.15, 0.2) is 11.5 Å². The number of benzene rings is 1. The molecule has 0 bridgehead atoms. The molecule has 2 aliphatic heterocycles. The third-order valence-corrected chi connectivity index (χ3v) is 6.81. The van der Waals surface area contributed by atoms with E-state index in [4.69, 9.17) is 10.5 Å². The van der Waals surface area contributed by atoms with Crippen LogP contribution in [0.1, 0.15) is 23.3 Å². The highest BCUT2D eigenvalue weighted by atomic mass is 32.1. The summed E-state index contributed by atoms with van der Waals surface area (Å²) < 4.78 is 35.3. The quantitative estimate of drug-likeness (QED) is 0.514. The van der Waals surface area contributed by atoms with Crippen LogP contribution in [0.25, 0.3) is 10.6 Å². The highest BCUT2D eigenvalue weighted by Crippen LogP contribution is 2.35. The Hall–Kier alpha value is -3.74. The number of rotatable bonds is 4. The fraction of sp³-hybridized carbons (Fsp3) is 0.333. The summed E-state index contributed by atoms with van der Waals surface area (Å²) in [6, 6.07) is 3.42. The third-order valence-electron chi connectivity index (χ3n) is 5.90. The normalized spacial score (nSPS) is 19.9. The number of aromatic nitrogens is 3. The van der Waals surface area contributed by atoms with Gasteiger partial charge < -0.3 is 26.0 Å². The second-order valence-electron chi connectivity index (χ2n) is 8.05. The molecule has 34 heavy (non-hydrogen) atoms. The highest BCUT2D eigenvalue weighted by Gasteiger charge is 2.37. The Morgan fingerprint density at radius 3 is 2.79 bits per heavy atom. The van der Waals surface area contributed by atoms with Crippen molar-refractivity contribution in [3.8, 4) is 10.6 Å². The van der Waals surface area contributed by atoms with Crippen LogP contribution in [0.5, 0.6) is 0 Å². The van der Waals surface area contributed by atoms with Crippen LogP contribution < -0.4 is 21.3 Å².